The maximum atomic E-state index is 13.6. The highest BCUT2D eigenvalue weighted by Crippen LogP contribution is 2.32. The van der Waals surface area contributed by atoms with Crippen LogP contribution in [0.25, 0.3) is 0 Å². The van der Waals surface area contributed by atoms with E-state index in [1.807, 2.05) is 36.6 Å². The minimum Gasteiger partial charge on any atom is -0.481 e. The Kier molecular flexibility index (Phi) is 12.4. The molecule has 1 aromatic carbocycles. The number of carboxylic acids is 1. The van der Waals surface area contributed by atoms with Crippen molar-refractivity contribution in [1.82, 2.24) is 20.9 Å². The summed E-state index contributed by atoms with van der Waals surface area (Å²) in [6.07, 6.45) is 7.93. The Labute approximate surface area is 235 Å². The van der Waals surface area contributed by atoms with E-state index in [9.17, 15) is 19.2 Å². The van der Waals surface area contributed by atoms with E-state index < -0.39 is 29.5 Å². The number of nitrogens with zero attached hydrogens (tertiary/aromatic N) is 1. The van der Waals surface area contributed by atoms with Crippen molar-refractivity contribution >= 4 is 35.6 Å². The Bertz CT molecular complexity index is 951. The lowest BCUT2D eigenvalue weighted by molar-refractivity contribution is -0.137. The maximum Gasteiger partial charge on any atom is 0.318 e. The number of thioether (sulfide) groups is 1. The van der Waals surface area contributed by atoms with E-state index in [0.717, 1.165) is 37.7 Å². The Morgan fingerprint density at radius 2 is 1.69 bits per heavy atom. The van der Waals surface area contributed by atoms with Crippen LogP contribution in [0.4, 0.5) is 4.79 Å². The molecule has 11 heteroatoms. The lowest BCUT2D eigenvalue weighted by Crippen LogP contribution is -2.60. The second-order valence-electron chi connectivity index (χ2n) is 10.4. The van der Waals surface area contributed by atoms with E-state index in [0.29, 0.717) is 44.9 Å². The number of carboxylic acid groups (broad SMARTS) is 1. The second kappa shape index (κ2) is 15.7. The van der Waals surface area contributed by atoms with Gasteiger partial charge in [0.25, 0.3) is 0 Å². The molecule has 2 fully saturated rings. The van der Waals surface area contributed by atoms with Gasteiger partial charge in [0.05, 0.1) is 13.2 Å². The number of amides is 4. The second-order valence-corrected chi connectivity index (χ2v) is 11.3. The van der Waals surface area contributed by atoms with Crippen molar-refractivity contribution in [3.05, 3.63) is 35.9 Å². The summed E-state index contributed by atoms with van der Waals surface area (Å²) in [6, 6.07) is 7.47. The molecule has 1 aliphatic carbocycles. The van der Waals surface area contributed by atoms with Crippen LogP contribution in [0.3, 0.4) is 0 Å². The molecule has 3 rings (SSSR count). The molecule has 0 bridgehead atoms. The van der Waals surface area contributed by atoms with Crippen LogP contribution in [0.15, 0.2) is 30.3 Å². The van der Waals surface area contributed by atoms with Crippen molar-refractivity contribution in [1.29, 1.82) is 0 Å². The van der Waals surface area contributed by atoms with Gasteiger partial charge in [0, 0.05) is 37.2 Å². The van der Waals surface area contributed by atoms with E-state index >= 15 is 0 Å². The minimum absolute atomic E-state index is 0.0621. The Morgan fingerprint density at radius 3 is 2.33 bits per heavy atom. The molecular weight excluding hydrogens is 520 g/mol. The highest BCUT2D eigenvalue weighted by atomic mass is 32.2. The quantitative estimate of drug-likeness (QED) is 0.290. The predicted octanol–water partition coefficient (Wildman–Crippen LogP) is 2.56. The van der Waals surface area contributed by atoms with Gasteiger partial charge in [0.2, 0.25) is 11.8 Å². The van der Waals surface area contributed by atoms with E-state index in [2.05, 4.69) is 16.0 Å². The van der Waals surface area contributed by atoms with E-state index in [4.69, 9.17) is 9.84 Å². The van der Waals surface area contributed by atoms with Gasteiger partial charge in [-0.15, -0.1) is 0 Å². The van der Waals surface area contributed by atoms with Crippen LogP contribution < -0.4 is 16.0 Å². The smallest absolute Gasteiger partial charge is 0.318 e. The van der Waals surface area contributed by atoms with Gasteiger partial charge in [-0.1, -0.05) is 49.6 Å². The van der Waals surface area contributed by atoms with Crippen LogP contribution in [0.1, 0.15) is 56.9 Å². The third-order valence-corrected chi connectivity index (χ3v) is 8.07. The molecule has 1 aromatic rings. The van der Waals surface area contributed by atoms with Gasteiger partial charge in [0.1, 0.15) is 12.1 Å². The number of morpholine rings is 1. The summed E-state index contributed by atoms with van der Waals surface area (Å²) in [5, 5.41) is 18.1. The number of ether oxygens (including phenoxy) is 1. The number of aliphatic carboxylic acids is 1. The Morgan fingerprint density at radius 1 is 1.00 bits per heavy atom. The zero-order valence-corrected chi connectivity index (χ0v) is 23.6. The summed E-state index contributed by atoms with van der Waals surface area (Å²) in [5.74, 6) is -1.16. The molecule has 4 N–H and O–H groups in total. The molecule has 0 aromatic heterocycles. The van der Waals surface area contributed by atoms with Crippen molar-refractivity contribution in [3.8, 4) is 0 Å². The van der Waals surface area contributed by atoms with Crippen LogP contribution in [-0.4, -0.2) is 89.8 Å². The number of carbonyl (C=O) groups is 4. The van der Waals surface area contributed by atoms with Gasteiger partial charge in [0.15, 0.2) is 0 Å². The molecule has 2 unspecified atom stereocenters. The van der Waals surface area contributed by atoms with Crippen LogP contribution in [-0.2, 0) is 25.5 Å². The molecule has 0 spiro atoms. The number of hydrogen-bond donors (Lipinski definition) is 4. The summed E-state index contributed by atoms with van der Waals surface area (Å²) < 4.78 is 5.33. The van der Waals surface area contributed by atoms with Crippen LogP contribution in [0.2, 0.25) is 0 Å². The molecular formula is C28H42N4O6S. The SMILES string of the molecule is CSCC(NC(=O)C(Cc1ccccc1)NC(=O)N1CCOCC1)C(=O)NC1(CCCC(=O)O)CCCCC1. The molecule has 39 heavy (non-hydrogen) atoms. The summed E-state index contributed by atoms with van der Waals surface area (Å²) in [5.41, 5.74) is 0.436. The molecule has 1 heterocycles. The average Bonchev–Trinajstić information content (AvgIpc) is 2.93. The molecule has 4 amide bonds. The van der Waals surface area contributed by atoms with Crippen LogP contribution in [0.5, 0.6) is 0 Å². The first-order valence-corrected chi connectivity index (χ1v) is 15.2. The molecule has 1 saturated carbocycles. The van der Waals surface area contributed by atoms with Gasteiger partial charge in [-0.2, -0.15) is 11.8 Å². The largest absolute Gasteiger partial charge is 0.481 e. The van der Waals surface area contributed by atoms with E-state index in [-0.39, 0.29) is 24.8 Å². The highest BCUT2D eigenvalue weighted by Gasteiger charge is 2.36. The number of nitrogens with one attached hydrogen (secondary N) is 3. The first-order chi connectivity index (χ1) is 18.8. The van der Waals surface area contributed by atoms with Crippen molar-refractivity contribution in [3.63, 3.8) is 0 Å². The normalized spacial score (nSPS) is 18.4. The van der Waals surface area contributed by atoms with Crippen LogP contribution in [0, 0.1) is 0 Å². The number of carbonyl (C=O) groups excluding carboxylic acids is 3. The fraction of sp³-hybridized carbons (Fsp3) is 0.643. The highest BCUT2D eigenvalue weighted by molar-refractivity contribution is 7.98. The topological polar surface area (TPSA) is 137 Å². The first-order valence-electron chi connectivity index (χ1n) is 13.8. The Balaban J connectivity index is 1.71. The molecule has 10 nitrogen and oxygen atoms in total. The maximum absolute atomic E-state index is 13.6. The fourth-order valence-electron chi connectivity index (χ4n) is 5.28. The monoisotopic (exact) mass is 562 g/mol. The van der Waals surface area contributed by atoms with Crippen molar-refractivity contribution < 1.29 is 29.0 Å². The number of hydrogen-bond acceptors (Lipinski definition) is 6. The molecule has 0 radical (unpaired) electrons. The third kappa shape index (κ3) is 10.0. The lowest BCUT2D eigenvalue weighted by Gasteiger charge is -2.39. The molecule has 1 aliphatic heterocycles. The summed E-state index contributed by atoms with van der Waals surface area (Å²) in [7, 11) is 0. The zero-order valence-electron chi connectivity index (χ0n) is 22.8. The van der Waals surface area contributed by atoms with Crippen molar-refractivity contribution in [2.45, 2.75) is 75.4 Å². The van der Waals surface area contributed by atoms with E-state index in [1.165, 1.54) is 11.8 Å². The predicted molar refractivity (Wildman–Crippen MR) is 151 cm³/mol. The van der Waals surface area contributed by atoms with Crippen molar-refractivity contribution in [2.75, 3.05) is 38.3 Å². The molecule has 216 valence electrons. The van der Waals surface area contributed by atoms with Gasteiger partial charge >= 0.3 is 12.0 Å². The van der Waals surface area contributed by atoms with Gasteiger partial charge in [-0.05, 0) is 37.5 Å². The number of urea groups is 1. The molecule has 2 atom stereocenters. The summed E-state index contributed by atoms with van der Waals surface area (Å²) in [6.45, 7) is 1.81. The number of rotatable bonds is 13. The zero-order chi connectivity index (χ0) is 28.1. The minimum atomic E-state index is -0.862. The van der Waals surface area contributed by atoms with Crippen molar-refractivity contribution in [2.24, 2.45) is 0 Å². The Hall–Kier alpha value is -2.79. The molecule has 2 aliphatic rings. The third-order valence-electron chi connectivity index (χ3n) is 7.41. The van der Waals surface area contributed by atoms with E-state index in [1.54, 1.807) is 4.90 Å². The van der Waals surface area contributed by atoms with Gasteiger partial charge in [-0.25, -0.2) is 4.79 Å². The van der Waals surface area contributed by atoms with Gasteiger partial charge in [-0.3, -0.25) is 14.4 Å². The average molecular weight is 563 g/mol. The first kappa shape index (κ1) is 30.7. The summed E-state index contributed by atoms with van der Waals surface area (Å²) >= 11 is 1.45. The molecule has 1 saturated heterocycles. The van der Waals surface area contributed by atoms with Crippen LogP contribution >= 0.6 is 11.8 Å². The lowest BCUT2D eigenvalue weighted by atomic mass is 9.78. The standard InChI is InChI=1S/C28H42N4O6S/c1-39-20-23(26(36)31-28(12-6-3-7-13-28)14-8-11-24(33)34)29-25(35)22(19-21-9-4-2-5-10-21)30-27(37)32-15-17-38-18-16-32/h2,4-5,9-10,22-23H,3,6-8,11-20H2,1H3,(H,29,35)(H,30,37)(H,31,36)(H,33,34). The number of benzene rings is 1. The fourth-order valence-corrected chi connectivity index (χ4v) is 5.85. The van der Waals surface area contributed by atoms with Gasteiger partial charge < -0.3 is 30.7 Å². The summed E-state index contributed by atoms with van der Waals surface area (Å²) in [4.78, 5) is 52.7.